The van der Waals surface area contributed by atoms with E-state index in [1.165, 1.54) is 6.92 Å². The van der Waals surface area contributed by atoms with Gasteiger partial charge in [0.1, 0.15) is 24.7 Å². The minimum absolute atomic E-state index is 0.0553. The van der Waals surface area contributed by atoms with Gasteiger partial charge in [-0.05, 0) is 30.7 Å². The van der Waals surface area contributed by atoms with Gasteiger partial charge in [-0.15, -0.1) is 0 Å². The molecule has 0 aliphatic rings. The van der Waals surface area contributed by atoms with Crippen LogP contribution >= 0.6 is 0 Å². The fourth-order valence-corrected chi connectivity index (χ4v) is 1.98. The Hall–Kier alpha value is -2.33. The number of carbonyl (C=O) groups is 1. The molecule has 22 heavy (non-hydrogen) atoms. The fraction of sp³-hybridized carbons (Fsp3) is 0.278. The molecule has 2 aromatic rings. The lowest BCUT2D eigenvalue weighted by molar-refractivity contribution is 0.101. The van der Waals surface area contributed by atoms with Crippen LogP contribution in [0, 0.1) is 0 Å². The van der Waals surface area contributed by atoms with E-state index < -0.39 is 0 Å². The summed E-state index contributed by atoms with van der Waals surface area (Å²) in [5, 5.41) is 0. The second-order valence-electron chi connectivity index (χ2n) is 4.83. The van der Waals surface area contributed by atoms with Gasteiger partial charge in [0, 0.05) is 7.11 Å². The molecule has 0 N–H and O–H groups in total. The van der Waals surface area contributed by atoms with Crippen LogP contribution in [-0.4, -0.2) is 26.1 Å². The third kappa shape index (κ3) is 4.60. The number of Topliss-reactive ketones (excluding diaryl/α,β-unsaturated/α-hetero) is 1. The monoisotopic (exact) mass is 300 g/mol. The molecular formula is C18H20O4. The van der Waals surface area contributed by atoms with Crippen molar-refractivity contribution in [2.45, 2.75) is 13.5 Å². The molecule has 116 valence electrons. The van der Waals surface area contributed by atoms with Crippen molar-refractivity contribution >= 4 is 5.78 Å². The number of hydrogen-bond donors (Lipinski definition) is 0. The third-order valence-corrected chi connectivity index (χ3v) is 3.12. The van der Waals surface area contributed by atoms with E-state index >= 15 is 0 Å². The lowest BCUT2D eigenvalue weighted by atomic mass is 10.1. The molecule has 0 amide bonds. The summed E-state index contributed by atoms with van der Waals surface area (Å²) in [6, 6.07) is 15.1. The quantitative estimate of drug-likeness (QED) is 0.553. The van der Waals surface area contributed by atoms with Crippen LogP contribution in [0.15, 0.2) is 48.5 Å². The Kier molecular flexibility index (Phi) is 5.98. The number of benzene rings is 2. The molecule has 0 bridgehead atoms. The van der Waals surface area contributed by atoms with Crippen molar-refractivity contribution in [3.63, 3.8) is 0 Å². The molecule has 0 saturated carbocycles. The van der Waals surface area contributed by atoms with Gasteiger partial charge in [-0.3, -0.25) is 4.79 Å². The average Bonchev–Trinajstić information content (AvgIpc) is 2.54. The first-order valence-corrected chi connectivity index (χ1v) is 7.14. The maximum atomic E-state index is 11.8. The molecular weight excluding hydrogens is 280 g/mol. The van der Waals surface area contributed by atoms with E-state index in [2.05, 4.69) is 0 Å². The molecule has 0 aliphatic heterocycles. The van der Waals surface area contributed by atoms with Gasteiger partial charge in [-0.2, -0.15) is 0 Å². The highest BCUT2D eigenvalue weighted by Crippen LogP contribution is 2.25. The summed E-state index contributed by atoms with van der Waals surface area (Å²) >= 11 is 0. The van der Waals surface area contributed by atoms with Gasteiger partial charge in [-0.1, -0.05) is 30.3 Å². The molecule has 0 fully saturated rings. The lowest BCUT2D eigenvalue weighted by Crippen LogP contribution is -2.06. The van der Waals surface area contributed by atoms with Gasteiger partial charge in [0.05, 0.1) is 12.2 Å². The molecule has 0 aromatic heterocycles. The molecule has 0 atom stereocenters. The predicted octanol–water partition coefficient (Wildman–Crippen LogP) is 3.49. The standard InChI is InChI=1S/C18H20O4/c1-14(19)17-12-16(21-11-10-20-2)8-9-18(17)22-13-15-6-4-3-5-7-15/h3-9,12H,10-11,13H2,1-2H3. The van der Waals surface area contributed by atoms with E-state index in [0.717, 1.165) is 5.56 Å². The lowest BCUT2D eigenvalue weighted by Gasteiger charge is -2.12. The van der Waals surface area contributed by atoms with Crippen molar-refractivity contribution in [2.75, 3.05) is 20.3 Å². The van der Waals surface area contributed by atoms with Gasteiger partial charge >= 0.3 is 0 Å². The van der Waals surface area contributed by atoms with E-state index in [0.29, 0.717) is 36.9 Å². The van der Waals surface area contributed by atoms with Crippen LogP contribution in [0.2, 0.25) is 0 Å². The van der Waals surface area contributed by atoms with Crippen molar-refractivity contribution in [2.24, 2.45) is 0 Å². The second kappa shape index (κ2) is 8.20. The normalized spacial score (nSPS) is 10.3. The Labute approximate surface area is 130 Å². The molecule has 0 radical (unpaired) electrons. The number of methoxy groups -OCH3 is 1. The summed E-state index contributed by atoms with van der Waals surface area (Å²) in [5.74, 6) is 1.14. The van der Waals surface area contributed by atoms with Gasteiger partial charge in [0.25, 0.3) is 0 Å². The van der Waals surface area contributed by atoms with Crippen molar-refractivity contribution in [1.29, 1.82) is 0 Å². The van der Waals surface area contributed by atoms with Gasteiger partial charge in [0.2, 0.25) is 0 Å². The highest BCUT2D eigenvalue weighted by atomic mass is 16.5. The average molecular weight is 300 g/mol. The molecule has 2 aromatic carbocycles. The molecule has 0 spiro atoms. The topological polar surface area (TPSA) is 44.8 Å². The van der Waals surface area contributed by atoms with Crippen molar-refractivity contribution < 1.29 is 19.0 Å². The Morgan fingerprint density at radius 2 is 1.77 bits per heavy atom. The van der Waals surface area contributed by atoms with Crippen LogP contribution in [0.5, 0.6) is 11.5 Å². The largest absolute Gasteiger partial charge is 0.491 e. The first-order valence-electron chi connectivity index (χ1n) is 7.14. The molecule has 0 saturated heterocycles. The van der Waals surface area contributed by atoms with E-state index in [-0.39, 0.29) is 5.78 Å². The fourth-order valence-electron chi connectivity index (χ4n) is 1.98. The number of ether oxygens (including phenoxy) is 3. The number of carbonyl (C=O) groups excluding carboxylic acids is 1. The van der Waals surface area contributed by atoms with Crippen molar-refractivity contribution in [1.82, 2.24) is 0 Å². The first kappa shape index (κ1) is 16.0. The molecule has 2 rings (SSSR count). The molecule has 0 aliphatic carbocycles. The van der Waals surface area contributed by atoms with Gasteiger partial charge in [-0.25, -0.2) is 0 Å². The Morgan fingerprint density at radius 1 is 1.00 bits per heavy atom. The summed E-state index contributed by atoms with van der Waals surface area (Å²) in [6.45, 7) is 2.88. The second-order valence-corrected chi connectivity index (χ2v) is 4.83. The van der Waals surface area contributed by atoms with E-state index in [9.17, 15) is 4.79 Å². The Balaban J connectivity index is 2.08. The number of hydrogen-bond acceptors (Lipinski definition) is 4. The first-order chi connectivity index (χ1) is 10.7. The van der Waals surface area contributed by atoms with Crippen molar-refractivity contribution in [3.05, 3.63) is 59.7 Å². The smallest absolute Gasteiger partial charge is 0.163 e. The summed E-state index contributed by atoms with van der Waals surface area (Å²) < 4.78 is 16.2. The predicted molar refractivity (Wildman–Crippen MR) is 84.6 cm³/mol. The molecule has 4 heteroatoms. The SMILES string of the molecule is COCCOc1ccc(OCc2ccccc2)c(C(C)=O)c1. The van der Waals surface area contributed by atoms with Gasteiger partial charge in [0.15, 0.2) is 5.78 Å². The van der Waals surface area contributed by atoms with Crippen molar-refractivity contribution in [3.8, 4) is 11.5 Å². The Morgan fingerprint density at radius 3 is 2.45 bits per heavy atom. The van der Waals surface area contributed by atoms with E-state index in [1.54, 1.807) is 25.3 Å². The summed E-state index contributed by atoms with van der Waals surface area (Å²) in [4.78, 5) is 11.8. The zero-order valence-corrected chi connectivity index (χ0v) is 12.9. The zero-order valence-electron chi connectivity index (χ0n) is 12.9. The van der Waals surface area contributed by atoms with Crippen LogP contribution in [-0.2, 0) is 11.3 Å². The van der Waals surface area contributed by atoms with E-state index in [4.69, 9.17) is 14.2 Å². The minimum atomic E-state index is -0.0553. The summed E-state index contributed by atoms with van der Waals surface area (Å²) in [6.07, 6.45) is 0. The zero-order chi connectivity index (χ0) is 15.8. The maximum absolute atomic E-state index is 11.8. The van der Waals surface area contributed by atoms with E-state index in [1.807, 2.05) is 30.3 Å². The van der Waals surface area contributed by atoms with Crippen LogP contribution in [0.25, 0.3) is 0 Å². The molecule has 0 heterocycles. The summed E-state index contributed by atoms with van der Waals surface area (Å²) in [5.41, 5.74) is 1.57. The minimum Gasteiger partial charge on any atom is -0.491 e. The van der Waals surface area contributed by atoms with Crippen LogP contribution in [0.1, 0.15) is 22.8 Å². The third-order valence-electron chi connectivity index (χ3n) is 3.12. The number of rotatable bonds is 8. The van der Waals surface area contributed by atoms with Crippen LogP contribution < -0.4 is 9.47 Å². The molecule has 4 nitrogen and oxygen atoms in total. The Bertz CT molecular complexity index is 608. The highest BCUT2D eigenvalue weighted by Gasteiger charge is 2.11. The maximum Gasteiger partial charge on any atom is 0.163 e. The molecule has 0 unspecified atom stereocenters. The highest BCUT2D eigenvalue weighted by molar-refractivity contribution is 5.97. The number of ketones is 1. The van der Waals surface area contributed by atoms with Crippen LogP contribution in [0.4, 0.5) is 0 Å². The van der Waals surface area contributed by atoms with Gasteiger partial charge < -0.3 is 14.2 Å². The van der Waals surface area contributed by atoms with Crippen LogP contribution in [0.3, 0.4) is 0 Å². The summed E-state index contributed by atoms with van der Waals surface area (Å²) in [7, 11) is 1.62.